The number of aryl methyl sites for hydroxylation is 1. The molecule has 0 amide bonds. The van der Waals surface area contributed by atoms with Gasteiger partial charge in [-0.25, -0.2) is 13.2 Å². The fraction of sp³-hybridized carbons (Fsp3) is 0.469. The third-order valence-electron chi connectivity index (χ3n) is 9.39. The molecule has 3 aliphatic heterocycles. The highest BCUT2D eigenvalue weighted by Gasteiger charge is 2.49. The zero-order chi connectivity index (χ0) is 29.9. The number of rotatable bonds is 6. The summed E-state index contributed by atoms with van der Waals surface area (Å²) in [6.07, 6.45) is 4.89. The van der Waals surface area contributed by atoms with E-state index in [1.54, 1.807) is 6.07 Å². The van der Waals surface area contributed by atoms with E-state index in [9.17, 15) is 13.9 Å². The second-order valence-electron chi connectivity index (χ2n) is 12.2. The van der Waals surface area contributed by atoms with Crippen molar-refractivity contribution >= 4 is 27.5 Å². The maximum atomic E-state index is 16.7. The molecular formula is C32H35F3N6O2. The number of aromatic nitrogens is 3. The molecule has 5 heterocycles. The number of piperidine rings is 1. The van der Waals surface area contributed by atoms with E-state index >= 15 is 4.39 Å². The van der Waals surface area contributed by atoms with Crippen molar-refractivity contribution in [3.05, 3.63) is 47.7 Å². The summed E-state index contributed by atoms with van der Waals surface area (Å²) >= 11 is 0. The number of nitrogens with two attached hydrogens (primary N) is 1. The number of halogens is 3. The summed E-state index contributed by atoms with van der Waals surface area (Å²) in [6, 6.07) is 5.78. The number of anilines is 1. The monoisotopic (exact) mass is 592 g/mol. The summed E-state index contributed by atoms with van der Waals surface area (Å²) in [7, 11) is 0. The Morgan fingerprint density at radius 1 is 1.14 bits per heavy atom. The molecule has 3 N–H and O–H groups in total. The van der Waals surface area contributed by atoms with Gasteiger partial charge >= 0.3 is 6.01 Å². The van der Waals surface area contributed by atoms with Crippen LogP contribution >= 0.6 is 0 Å². The van der Waals surface area contributed by atoms with E-state index in [-0.39, 0.29) is 41.2 Å². The van der Waals surface area contributed by atoms with Gasteiger partial charge in [0.05, 0.1) is 10.9 Å². The van der Waals surface area contributed by atoms with E-state index in [4.69, 9.17) is 15.5 Å². The molecule has 11 heteroatoms. The van der Waals surface area contributed by atoms with Crippen LogP contribution in [-0.4, -0.2) is 75.5 Å². The van der Waals surface area contributed by atoms with Crippen LogP contribution in [-0.2, 0) is 6.42 Å². The Hall–Kier alpha value is -3.70. The van der Waals surface area contributed by atoms with Crippen LogP contribution in [0.15, 0.2) is 30.5 Å². The number of phenols is 1. The minimum Gasteiger partial charge on any atom is -0.508 e. The van der Waals surface area contributed by atoms with Gasteiger partial charge in [-0.15, -0.1) is 0 Å². The molecule has 3 saturated heterocycles. The Bertz CT molecular complexity index is 1720. The van der Waals surface area contributed by atoms with Crippen LogP contribution in [0.1, 0.15) is 44.6 Å². The predicted octanol–water partition coefficient (Wildman–Crippen LogP) is 5.27. The van der Waals surface area contributed by atoms with E-state index in [0.717, 1.165) is 32.2 Å². The normalized spacial score (nSPS) is 24.3. The molecule has 7 rings (SSSR count). The number of pyridine rings is 1. The van der Waals surface area contributed by atoms with Crippen LogP contribution in [0.5, 0.6) is 11.8 Å². The third-order valence-corrected chi connectivity index (χ3v) is 9.39. The van der Waals surface area contributed by atoms with Gasteiger partial charge in [0.2, 0.25) is 0 Å². The van der Waals surface area contributed by atoms with Crippen molar-refractivity contribution in [2.24, 2.45) is 5.73 Å². The minimum absolute atomic E-state index is 0.00212. The van der Waals surface area contributed by atoms with E-state index < -0.39 is 23.3 Å². The van der Waals surface area contributed by atoms with Crippen LogP contribution < -0.4 is 15.4 Å². The summed E-state index contributed by atoms with van der Waals surface area (Å²) in [4.78, 5) is 17.9. The van der Waals surface area contributed by atoms with Gasteiger partial charge in [0.15, 0.2) is 5.82 Å². The van der Waals surface area contributed by atoms with E-state index in [1.165, 1.54) is 24.4 Å². The molecule has 3 atom stereocenters. The zero-order valence-electron chi connectivity index (χ0n) is 24.1. The smallest absolute Gasteiger partial charge is 0.319 e. The number of fused-ring (bicyclic) bond motifs is 3. The summed E-state index contributed by atoms with van der Waals surface area (Å²) in [5.41, 5.74) is 6.50. The fourth-order valence-corrected chi connectivity index (χ4v) is 7.40. The predicted molar refractivity (Wildman–Crippen MR) is 159 cm³/mol. The van der Waals surface area contributed by atoms with Gasteiger partial charge in [0.25, 0.3) is 0 Å². The zero-order valence-corrected chi connectivity index (χ0v) is 24.1. The molecule has 43 heavy (non-hydrogen) atoms. The van der Waals surface area contributed by atoms with Gasteiger partial charge in [0, 0.05) is 43.9 Å². The lowest BCUT2D eigenvalue weighted by molar-refractivity contribution is 0.107. The Labute approximate surface area is 247 Å². The highest BCUT2D eigenvalue weighted by Crippen LogP contribution is 2.42. The first-order chi connectivity index (χ1) is 20.8. The molecular weight excluding hydrogens is 557 g/mol. The lowest BCUT2D eigenvalue weighted by atomic mass is 9.94. The molecule has 0 spiro atoms. The van der Waals surface area contributed by atoms with Crippen molar-refractivity contribution < 1.29 is 23.0 Å². The Morgan fingerprint density at radius 3 is 2.81 bits per heavy atom. The van der Waals surface area contributed by atoms with Gasteiger partial charge < -0.3 is 20.5 Å². The Balaban J connectivity index is 1.37. The average molecular weight is 593 g/mol. The number of phenolic OH excluding ortho intramolecular Hbond substituents is 1. The number of hydrogen-bond acceptors (Lipinski definition) is 8. The van der Waals surface area contributed by atoms with E-state index in [0.29, 0.717) is 60.0 Å². The number of hydrogen-bond donors (Lipinski definition) is 2. The highest BCUT2D eigenvalue weighted by atomic mass is 19.1. The van der Waals surface area contributed by atoms with Gasteiger partial charge in [-0.05, 0) is 73.2 Å². The van der Waals surface area contributed by atoms with Crippen LogP contribution in [0.4, 0.5) is 19.0 Å². The molecule has 0 bridgehead atoms. The van der Waals surface area contributed by atoms with Gasteiger partial charge in [0.1, 0.15) is 41.4 Å². The van der Waals surface area contributed by atoms with Crippen LogP contribution in [0.25, 0.3) is 32.9 Å². The number of aromatic hydroxyl groups is 1. The van der Waals surface area contributed by atoms with Crippen molar-refractivity contribution in [3.63, 3.8) is 0 Å². The number of nitrogens with zero attached hydrogens (tertiary/aromatic N) is 5. The van der Waals surface area contributed by atoms with Gasteiger partial charge in [-0.2, -0.15) is 9.97 Å². The molecule has 0 unspecified atom stereocenters. The summed E-state index contributed by atoms with van der Waals surface area (Å²) in [5.74, 6) is -0.747. The SMILES string of the molecule is CCc1c(F)ccc2cc(O)cc(-c3ncc4c(N5CCC[C@H](N)C5)nc(OC[C@@]56CCCN5C[C@H](F)C6)nc4c3F)c12. The second-order valence-corrected chi connectivity index (χ2v) is 12.2. The average Bonchev–Trinajstić information content (AvgIpc) is 3.51. The molecule has 0 saturated carbocycles. The van der Waals surface area contributed by atoms with Gasteiger partial charge in [-0.1, -0.05) is 13.0 Å². The maximum absolute atomic E-state index is 16.7. The number of ether oxygens (including phenoxy) is 1. The lowest BCUT2D eigenvalue weighted by Gasteiger charge is -2.33. The Kier molecular flexibility index (Phi) is 7.04. The molecule has 2 aromatic carbocycles. The lowest BCUT2D eigenvalue weighted by Crippen LogP contribution is -2.44. The van der Waals surface area contributed by atoms with Crippen molar-refractivity contribution in [1.29, 1.82) is 0 Å². The first kappa shape index (κ1) is 28.1. The molecule has 3 aliphatic rings. The summed E-state index contributed by atoms with van der Waals surface area (Å²) in [6.45, 7) is 4.45. The van der Waals surface area contributed by atoms with E-state index in [2.05, 4.69) is 14.9 Å². The first-order valence-corrected chi connectivity index (χ1v) is 15.1. The standard InChI is InChI=1S/C32H35F3N6O2/c1-2-22-25(34)7-6-18-11-21(42)12-23(26(18)22)28-27(35)29-24(14-37-28)30(40-9-3-5-20(36)16-40)39-31(38-29)43-17-32-8-4-10-41(32)15-19(33)13-32/h6-7,11-12,14,19-20,42H,2-5,8-10,13,15-17,36H2,1H3/t19-,20+,32+/m1/s1. The van der Waals surface area contributed by atoms with Crippen LogP contribution in [0, 0.1) is 11.6 Å². The topological polar surface area (TPSA) is 101 Å². The summed E-state index contributed by atoms with van der Waals surface area (Å²) in [5, 5.41) is 12.0. The van der Waals surface area contributed by atoms with Crippen LogP contribution in [0.3, 0.4) is 0 Å². The molecule has 226 valence electrons. The molecule has 0 aliphatic carbocycles. The molecule has 3 fully saturated rings. The highest BCUT2D eigenvalue weighted by molar-refractivity contribution is 6.01. The number of alkyl halides is 1. The summed E-state index contributed by atoms with van der Waals surface area (Å²) < 4.78 is 52.1. The molecule has 8 nitrogen and oxygen atoms in total. The minimum atomic E-state index is -0.909. The van der Waals surface area contributed by atoms with E-state index in [1.807, 2.05) is 11.8 Å². The second kappa shape index (κ2) is 10.8. The molecule has 4 aromatic rings. The van der Waals surface area contributed by atoms with Crippen molar-refractivity contribution in [1.82, 2.24) is 19.9 Å². The van der Waals surface area contributed by atoms with Crippen molar-refractivity contribution in [2.75, 3.05) is 37.7 Å². The molecule has 2 aromatic heterocycles. The maximum Gasteiger partial charge on any atom is 0.319 e. The van der Waals surface area contributed by atoms with Crippen molar-refractivity contribution in [3.8, 4) is 23.0 Å². The van der Waals surface area contributed by atoms with Crippen LogP contribution in [0.2, 0.25) is 0 Å². The number of benzene rings is 2. The third kappa shape index (κ3) is 4.82. The van der Waals surface area contributed by atoms with Gasteiger partial charge in [-0.3, -0.25) is 9.88 Å². The van der Waals surface area contributed by atoms with Crippen molar-refractivity contribution in [2.45, 2.75) is 63.2 Å². The fourth-order valence-electron chi connectivity index (χ4n) is 7.40. The first-order valence-electron chi connectivity index (χ1n) is 15.1. The molecule has 0 radical (unpaired) electrons. The Morgan fingerprint density at radius 2 is 2.00 bits per heavy atom. The largest absolute Gasteiger partial charge is 0.508 e. The quantitative estimate of drug-likeness (QED) is 0.312.